The van der Waals surface area contributed by atoms with E-state index in [0.717, 1.165) is 12.8 Å². The number of aryl methyl sites for hydroxylation is 1. The first kappa shape index (κ1) is 14.6. The lowest BCUT2D eigenvalue weighted by molar-refractivity contribution is -0.0339. The Balaban J connectivity index is 1.74. The van der Waals surface area contributed by atoms with Crippen molar-refractivity contribution in [1.82, 2.24) is 0 Å². The number of fused-ring (bicyclic) bond motifs is 5. The maximum Gasteiger partial charge on any atom is 0.115 e. The molecule has 1 aromatic carbocycles. The van der Waals surface area contributed by atoms with Crippen LogP contribution in [-0.4, -0.2) is 16.3 Å². The Labute approximate surface area is 133 Å². The molecule has 0 amide bonds. The molecule has 2 nitrogen and oxygen atoms in total. The third kappa shape index (κ3) is 1.76. The topological polar surface area (TPSA) is 40.5 Å². The second-order valence-corrected chi connectivity index (χ2v) is 8.43. The smallest absolute Gasteiger partial charge is 0.115 e. The molecule has 0 bridgehead atoms. The molecule has 1 aromatic rings. The van der Waals surface area contributed by atoms with Crippen molar-refractivity contribution in [3.05, 3.63) is 29.3 Å². The van der Waals surface area contributed by atoms with Crippen LogP contribution >= 0.6 is 0 Å². The van der Waals surface area contributed by atoms with Crippen LogP contribution in [0.2, 0.25) is 0 Å². The Hall–Kier alpha value is -1.02. The summed E-state index contributed by atoms with van der Waals surface area (Å²) in [6.07, 6.45) is 4.47. The Bertz CT molecular complexity index is 595. The molecule has 0 aliphatic heterocycles. The van der Waals surface area contributed by atoms with Gasteiger partial charge in [-0.3, -0.25) is 0 Å². The number of rotatable bonds is 0. The monoisotopic (exact) mass is 300 g/mol. The van der Waals surface area contributed by atoms with Crippen molar-refractivity contribution in [2.45, 2.75) is 58.5 Å². The quantitative estimate of drug-likeness (QED) is 0.757. The van der Waals surface area contributed by atoms with E-state index in [1.807, 2.05) is 12.1 Å². The Kier molecular flexibility index (Phi) is 3.14. The summed E-state index contributed by atoms with van der Waals surface area (Å²) < 4.78 is 0. The molecule has 0 aromatic heterocycles. The Morgan fingerprint density at radius 2 is 1.91 bits per heavy atom. The SMILES string of the molecule is CC1C(C)[C@H]2[C@@H]3CCc4cc(O)ccc4[C@H]3CC[C@]2(C)[C@H]1O. The van der Waals surface area contributed by atoms with Gasteiger partial charge in [0.25, 0.3) is 0 Å². The fourth-order valence-electron chi connectivity index (χ4n) is 6.40. The minimum Gasteiger partial charge on any atom is -0.508 e. The summed E-state index contributed by atoms with van der Waals surface area (Å²) >= 11 is 0. The van der Waals surface area contributed by atoms with Crippen molar-refractivity contribution >= 4 is 0 Å². The van der Waals surface area contributed by atoms with Crippen molar-refractivity contribution in [3.63, 3.8) is 0 Å². The van der Waals surface area contributed by atoms with E-state index in [1.54, 1.807) is 0 Å². The molecule has 4 rings (SSSR count). The molecule has 22 heavy (non-hydrogen) atoms. The first-order chi connectivity index (χ1) is 10.4. The Morgan fingerprint density at radius 1 is 1.14 bits per heavy atom. The fourth-order valence-corrected chi connectivity index (χ4v) is 6.40. The van der Waals surface area contributed by atoms with Gasteiger partial charge in [0.15, 0.2) is 0 Å². The van der Waals surface area contributed by atoms with Crippen LogP contribution in [-0.2, 0) is 6.42 Å². The van der Waals surface area contributed by atoms with Crippen molar-refractivity contribution in [1.29, 1.82) is 0 Å². The third-order valence-corrected chi connectivity index (χ3v) is 7.58. The summed E-state index contributed by atoms with van der Waals surface area (Å²) in [5.74, 6) is 3.38. The molecular formula is C20H28O2. The third-order valence-electron chi connectivity index (χ3n) is 7.58. The largest absolute Gasteiger partial charge is 0.508 e. The molecule has 0 radical (unpaired) electrons. The number of aliphatic hydroxyl groups excluding tert-OH is 1. The summed E-state index contributed by atoms with van der Waals surface area (Å²) in [5.41, 5.74) is 2.93. The van der Waals surface area contributed by atoms with Crippen LogP contribution in [0.5, 0.6) is 5.75 Å². The molecule has 3 aliphatic rings. The highest BCUT2D eigenvalue weighted by Gasteiger charge is 2.59. The summed E-state index contributed by atoms with van der Waals surface area (Å²) in [7, 11) is 0. The molecule has 2 heteroatoms. The lowest BCUT2D eigenvalue weighted by Gasteiger charge is -2.51. The van der Waals surface area contributed by atoms with Gasteiger partial charge >= 0.3 is 0 Å². The Morgan fingerprint density at radius 3 is 2.68 bits per heavy atom. The van der Waals surface area contributed by atoms with E-state index in [1.165, 1.54) is 24.0 Å². The molecule has 0 heterocycles. The second kappa shape index (κ2) is 4.74. The van der Waals surface area contributed by atoms with Gasteiger partial charge in [0.2, 0.25) is 0 Å². The van der Waals surface area contributed by atoms with Gasteiger partial charge in [0.05, 0.1) is 6.10 Å². The zero-order valence-corrected chi connectivity index (χ0v) is 13.9. The minimum absolute atomic E-state index is 0.106. The van der Waals surface area contributed by atoms with Crippen molar-refractivity contribution in [2.75, 3.05) is 0 Å². The number of phenolic OH excluding ortho intramolecular Hbond substituents is 1. The van der Waals surface area contributed by atoms with E-state index >= 15 is 0 Å². The van der Waals surface area contributed by atoms with E-state index < -0.39 is 0 Å². The molecule has 120 valence electrons. The second-order valence-electron chi connectivity index (χ2n) is 8.43. The van der Waals surface area contributed by atoms with Gasteiger partial charge in [0, 0.05) is 0 Å². The summed E-state index contributed by atoms with van der Waals surface area (Å²) in [6, 6.07) is 5.98. The van der Waals surface area contributed by atoms with Gasteiger partial charge < -0.3 is 10.2 Å². The van der Waals surface area contributed by atoms with Gasteiger partial charge in [-0.15, -0.1) is 0 Å². The number of aromatic hydroxyl groups is 1. The first-order valence-corrected chi connectivity index (χ1v) is 8.93. The maximum absolute atomic E-state index is 10.8. The first-order valence-electron chi connectivity index (χ1n) is 8.93. The lowest BCUT2D eigenvalue weighted by atomic mass is 9.54. The molecule has 2 N–H and O–H groups in total. The number of aliphatic hydroxyl groups is 1. The van der Waals surface area contributed by atoms with E-state index in [-0.39, 0.29) is 11.5 Å². The van der Waals surface area contributed by atoms with Gasteiger partial charge in [-0.05, 0) is 83.9 Å². The average Bonchev–Trinajstić information content (AvgIpc) is 2.68. The molecule has 2 fully saturated rings. The summed E-state index contributed by atoms with van der Waals surface area (Å²) in [4.78, 5) is 0. The fraction of sp³-hybridized carbons (Fsp3) is 0.700. The predicted octanol–water partition coefficient (Wildman–Crippen LogP) is 4.10. The molecular weight excluding hydrogens is 272 g/mol. The zero-order chi connectivity index (χ0) is 15.6. The number of phenols is 1. The minimum atomic E-state index is -0.144. The van der Waals surface area contributed by atoms with Crippen LogP contribution in [0.15, 0.2) is 18.2 Å². The van der Waals surface area contributed by atoms with E-state index in [9.17, 15) is 10.2 Å². The van der Waals surface area contributed by atoms with Gasteiger partial charge in [-0.2, -0.15) is 0 Å². The van der Waals surface area contributed by atoms with Crippen molar-refractivity contribution in [3.8, 4) is 5.75 Å². The summed E-state index contributed by atoms with van der Waals surface area (Å²) in [6.45, 7) is 6.94. The van der Waals surface area contributed by atoms with Gasteiger partial charge in [-0.1, -0.05) is 26.8 Å². The number of benzene rings is 1. The molecule has 2 unspecified atom stereocenters. The van der Waals surface area contributed by atoms with Crippen LogP contribution < -0.4 is 0 Å². The normalized spacial score (nSPS) is 46.7. The predicted molar refractivity (Wildman–Crippen MR) is 87.8 cm³/mol. The van der Waals surface area contributed by atoms with Crippen LogP contribution in [0.1, 0.15) is 57.1 Å². The highest BCUT2D eigenvalue weighted by Crippen LogP contribution is 2.64. The zero-order valence-electron chi connectivity index (χ0n) is 13.9. The van der Waals surface area contributed by atoms with Crippen LogP contribution in [0.3, 0.4) is 0 Å². The average molecular weight is 300 g/mol. The van der Waals surface area contributed by atoms with Crippen molar-refractivity contribution < 1.29 is 10.2 Å². The summed E-state index contributed by atoms with van der Waals surface area (Å²) in [5, 5.41) is 20.6. The highest BCUT2D eigenvalue weighted by molar-refractivity contribution is 5.40. The molecule has 0 spiro atoms. The van der Waals surface area contributed by atoms with Gasteiger partial charge in [-0.25, -0.2) is 0 Å². The molecule has 7 atom stereocenters. The van der Waals surface area contributed by atoms with E-state index in [2.05, 4.69) is 26.8 Å². The number of hydrogen-bond acceptors (Lipinski definition) is 2. The molecule has 2 saturated carbocycles. The van der Waals surface area contributed by atoms with Crippen LogP contribution in [0.4, 0.5) is 0 Å². The van der Waals surface area contributed by atoms with Crippen LogP contribution in [0, 0.1) is 29.1 Å². The number of hydrogen-bond donors (Lipinski definition) is 2. The molecule has 3 aliphatic carbocycles. The highest BCUT2D eigenvalue weighted by atomic mass is 16.3. The van der Waals surface area contributed by atoms with Crippen molar-refractivity contribution in [2.24, 2.45) is 29.1 Å². The lowest BCUT2D eigenvalue weighted by Crippen LogP contribution is -2.45. The molecule has 0 saturated heterocycles. The maximum atomic E-state index is 10.8. The van der Waals surface area contributed by atoms with Crippen LogP contribution in [0.25, 0.3) is 0 Å². The van der Waals surface area contributed by atoms with E-state index in [0.29, 0.717) is 35.3 Å². The van der Waals surface area contributed by atoms with Gasteiger partial charge in [0.1, 0.15) is 5.75 Å². The van der Waals surface area contributed by atoms with E-state index in [4.69, 9.17) is 0 Å². The standard InChI is InChI=1S/C20H28O2/c1-11-12(2)19(22)20(3)9-8-16-15-7-5-14(21)10-13(15)4-6-17(16)18(11)20/h5,7,10-12,16-19,21-22H,4,6,8-9H2,1-3H3/t11?,12?,16-,17-,18+,19+,20+/m1/s1.